The van der Waals surface area contributed by atoms with E-state index >= 15 is 0 Å². The van der Waals surface area contributed by atoms with Gasteiger partial charge in [0.15, 0.2) is 5.78 Å². The number of amides is 1. The summed E-state index contributed by atoms with van der Waals surface area (Å²) in [6, 6.07) is 9.45. The van der Waals surface area contributed by atoms with Crippen LogP contribution in [0.2, 0.25) is 0 Å². The van der Waals surface area contributed by atoms with Gasteiger partial charge in [-0.25, -0.2) is 0 Å². The van der Waals surface area contributed by atoms with Gasteiger partial charge in [0, 0.05) is 18.2 Å². The van der Waals surface area contributed by atoms with Gasteiger partial charge in [-0.3, -0.25) is 9.59 Å². The normalized spacial score (nSPS) is 19.2. The third kappa shape index (κ3) is 5.52. The summed E-state index contributed by atoms with van der Waals surface area (Å²) < 4.78 is 0. The molecule has 1 aliphatic rings. The van der Waals surface area contributed by atoms with Gasteiger partial charge < -0.3 is 10.2 Å². The topological polar surface area (TPSA) is 49.4 Å². The summed E-state index contributed by atoms with van der Waals surface area (Å²) in [5.41, 5.74) is 0.708. The quantitative estimate of drug-likeness (QED) is 0.815. The van der Waals surface area contributed by atoms with E-state index in [0.717, 1.165) is 25.9 Å². The van der Waals surface area contributed by atoms with Crippen LogP contribution in [0.25, 0.3) is 0 Å². The SMILES string of the molecule is CN1CCC[C@@H](NC(=O)CSCC(=O)c2ccccc2)C1. The molecule has 0 aliphatic carbocycles. The molecule has 1 saturated heterocycles. The van der Waals surface area contributed by atoms with E-state index in [1.165, 1.54) is 11.8 Å². The van der Waals surface area contributed by atoms with E-state index in [-0.39, 0.29) is 17.7 Å². The maximum absolute atomic E-state index is 11.9. The van der Waals surface area contributed by atoms with E-state index in [1.807, 2.05) is 18.2 Å². The number of likely N-dealkylation sites (tertiary alicyclic amines) is 1. The van der Waals surface area contributed by atoms with E-state index < -0.39 is 0 Å². The molecule has 0 spiro atoms. The Morgan fingerprint density at radius 3 is 2.76 bits per heavy atom. The molecule has 0 aromatic heterocycles. The summed E-state index contributed by atoms with van der Waals surface area (Å²) in [7, 11) is 2.07. The molecule has 1 atom stereocenters. The first-order chi connectivity index (χ1) is 10.1. The first-order valence-electron chi connectivity index (χ1n) is 7.29. The van der Waals surface area contributed by atoms with Crippen LogP contribution >= 0.6 is 11.8 Å². The van der Waals surface area contributed by atoms with E-state index in [9.17, 15) is 9.59 Å². The molecule has 5 heteroatoms. The van der Waals surface area contributed by atoms with Gasteiger partial charge in [-0.2, -0.15) is 0 Å². The highest BCUT2D eigenvalue weighted by Crippen LogP contribution is 2.10. The Bertz CT molecular complexity index is 478. The number of likely N-dealkylation sites (N-methyl/N-ethyl adjacent to an activating group) is 1. The third-order valence-corrected chi connectivity index (χ3v) is 4.48. The van der Waals surface area contributed by atoms with Gasteiger partial charge in [0.25, 0.3) is 0 Å². The second kappa shape index (κ2) is 8.20. The van der Waals surface area contributed by atoms with Crippen molar-refractivity contribution in [2.24, 2.45) is 0 Å². The lowest BCUT2D eigenvalue weighted by molar-refractivity contribution is -0.119. The van der Waals surface area contributed by atoms with Crippen molar-refractivity contribution in [3.63, 3.8) is 0 Å². The molecule has 114 valence electrons. The van der Waals surface area contributed by atoms with Crippen LogP contribution in [0.1, 0.15) is 23.2 Å². The van der Waals surface area contributed by atoms with Crippen molar-refractivity contribution in [3.05, 3.63) is 35.9 Å². The Morgan fingerprint density at radius 2 is 2.05 bits per heavy atom. The summed E-state index contributed by atoms with van der Waals surface area (Å²) in [4.78, 5) is 26.0. The van der Waals surface area contributed by atoms with Crippen molar-refractivity contribution in [2.45, 2.75) is 18.9 Å². The fraction of sp³-hybridized carbons (Fsp3) is 0.500. The molecule has 1 aromatic rings. The zero-order valence-corrected chi connectivity index (χ0v) is 13.2. The molecule has 0 saturated carbocycles. The zero-order chi connectivity index (χ0) is 15.1. The van der Waals surface area contributed by atoms with E-state index in [4.69, 9.17) is 0 Å². The Kier molecular flexibility index (Phi) is 6.26. The molecule has 1 aliphatic heterocycles. The highest BCUT2D eigenvalue weighted by molar-refractivity contribution is 8.00. The zero-order valence-electron chi connectivity index (χ0n) is 12.4. The van der Waals surface area contributed by atoms with Crippen molar-refractivity contribution in [1.82, 2.24) is 10.2 Å². The third-order valence-electron chi connectivity index (χ3n) is 3.55. The molecule has 0 radical (unpaired) electrons. The largest absolute Gasteiger partial charge is 0.351 e. The number of nitrogens with zero attached hydrogens (tertiary/aromatic N) is 1. The number of rotatable bonds is 6. The number of benzene rings is 1. The van der Waals surface area contributed by atoms with Crippen LogP contribution in [0, 0.1) is 0 Å². The molecule has 2 rings (SSSR count). The molecule has 1 N–H and O–H groups in total. The predicted molar refractivity (Wildman–Crippen MR) is 86.8 cm³/mol. The molecular formula is C16H22N2O2S. The number of carbonyl (C=O) groups excluding carboxylic acids is 2. The average molecular weight is 306 g/mol. The fourth-order valence-electron chi connectivity index (χ4n) is 2.50. The number of carbonyl (C=O) groups is 2. The standard InChI is InChI=1S/C16H22N2O2S/c1-18-9-5-8-14(10-18)17-16(20)12-21-11-15(19)13-6-3-2-4-7-13/h2-4,6-7,14H,5,8-12H2,1H3,(H,17,20)/t14-/m1/s1. The van der Waals surface area contributed by atoms with Crippen molar-refractivity contribution >= 4 is 23.5 Å². The summed E-state index contributed by atoms with van der Waals surface area (Å²) >= 11 is 1.38. The first kappa shape index (κ1) is 16.0. The second-order valence-corrected chi connectivity index (χ2v) is 6.44. The number of ketones is 1. The molecule has 0 bridgehead atoms. The molecule has 1 heterocycles. The fourth-order valence-corrected chi connectivity index (χ4v) is 3.22. The van der Waals surface area contributed by atoms with Gasteiger partial charge in [0.05, 0.1) is 11.5 Å². The Morgan fingerprint density at radius 1 is 1.29 bits per heavy atom. The average Bonchev–Trinajstić information content (AvgIpc) is 2.48. The molecule has 1 fully saturated rings. The number of hydrogen-bond donors (Lipinski definition) is 1. The van der Waals surface area contributed by atoms with Crippen molar-refractivity contribution < 1.29 is 9.59 Å². The number of Topliss-reactive ketones (excluding diaryl/α,β-unsaturated/α-hetero) is 1. The molecule has 21 heavy (non-hydrogen) atoms. The number of nitrogens with one attached hydrogen (secondary N) is 1. The summed E-state index contributed by atoms with van der Waals surface area (Å²) in [5, 5.41) is 3.05. The lowest BCUT2D eigenvalue weighted by Gasteiger charge is -2.30. The Labute approximate surface area is 130 Å². The summed E-state index contributed by atoms with van der Waals surface area (Å²) in [5.74, 6) is 0.799. The van der Waals surface area contributed by atoms with Crippen LogP contribution in [0.4, 0.5) is 0 Å². The highest BCUT2D eigenvalue weighted by atomic mass is 32.2. The van der Waals surface area contributed by atoms with Gasteiger partial charge in [0.1, 0.15) is 0 Å². The van der Waals surface area contributed by atoms with Crippen LogP contribution in [0.15, 0.2) is 30.3 Å². The second-order valence-electron chi connectivity index (χ2n) is 5.45. The maximum Gasteiger partial charge on any atom is 0.230 e. The van der Waals surface area contributed by atoms with Gasteiger partial charge in [-0.05, 0) is 26.4 Å². The highest BCUT2D eigenvalue weighted by Gasteiger charge is 2.18. The van der Waals surface area contributed by atoms with E-state index in [0.29, 0.717) is 17.1 Å². The van der Waals surface area contributed by atoms with Gasteiger partial charge in [-0.1, -0.05) is 30.3 Å². The Balaban J connectivity index is 1.66. The maximum atomic E-state index is 11.9. The van der Waals surface area contributed by atoms with E-state index in [1.54, 1.807) is 12.1 Å². The van der Waals surface area contributed by atoms with Crippen LogP contribution in [0.5, 0.6) is 0 Å². The van der Waals surface area contributed by atoms with Gasteiger partial charge >= 0.3 is 0 Å². The number of thioether (sulfide) groups is 1. The summed E-state index contributed by atoms with van der Waals surface area (Å²) in [6.45, 7) is 2.02. The van der Waals surface area contributed by atoms with E-state index in [2.05, 4.69) is 17.3 Å². The molecule has 0 unspecified atom stereocenters. The van der Waals surface area contributed by atoms with Crippen molar-refractivity contribution in [2.75, 3.05) is 31.6 Å². The lowest BCUT2D eigenvalue weighted by atomic mass is 10.1. The van der Waals surface area contributed by atoms with Crippen LogP contribution in [-0.4, -0.2) is 54.3 Å². The van der Waals surface area contributed by atoms with Crippen LogP contribution in [0.3, 0.4) is 0 Å². The number of hydrogen-bond acceptors (Lipinski definition) is 4. The minimum absolute atomic E-state index is 0.0289. The summed E-state index contributed by atoms with van der Waals surface area (Å²) in [6.07, 6.45) is 2.17. The minimum Gasteiger partial charge on any atom is -0.351 e. The lowest BCUT2D eigenvalue weighted by Crippen LogP contribution is -2.46. The smallest absolute Gasteiger partial charge is 0.230 e. The van der Waals surface area contributed by atoms with Crippen LogP contribution in [-0.2, 0) is 4.79 Å². The minimum atomic E-state index is 0.0289. The van der Waals surface area contributed by atoms with Gasteiger partial charge in [0.2, 0.25) is 5.91 Å². The van der Waals surface area contributed by atoms with Crippen LogP contribution < -0.4 is 5.32 Å². The van der Waals surface area contributed by atoms with Crippen molar-refractivity contribution in [1.29, 1.82) is 0 Å². The monoisotopic (exact) mass is 306 g/mol. The number of piperidine rings is 1. The Hall–Kier alpha value is -1.33. The molecular weight excluding hydrogens is 284 g/mol. The molecule has 1 aromatic carbocycles. The first-order valence-corrected chi connectivity index (χ1v) is 8.44. The van der Waals surface area contributed by atoms with Crippen molar-refractivity contribution in [3.8, 4) is 0 Å². The van der Waals surface area contributed by atoms with Gasteiger partial charge in [-0.15, -0.1) is 11.8 Å². The molecule has 1 amide bonds. The molecule has 4 nitrogen and oxygen atoms in total. The predicted octanol–water partition coefficient (Wildman–Crippen LogP) is 1.81.